The van der Waals surface area contributed by atoms with Gasteiger partial charge in [-0.1, -0.05) is 26.0 Å². The minimum Gasteiger partial charge on any atom is -0.399 e. The summed E-state index contributed by atoms with van der Waals surface area (Å²) in [7, 11) is 0. The summed E-state index contributed by atoms with van der Waals surface area (Å²) in [6, 6.07) is 0. The zero-order valence-electron chi connectivity index (χ0n) is 6.02. The highest BCUT2D eigenvalue weighted by atomic mass is 14.6. The van der Waals surface area contributed by atoms with E-state index in [2.05, 4.69) is 26.0 Å². The van der Waals surface area contributed by atoms with E-state index in [0.717, 1.165) is 12.1 Å². The van der Waals surface area contributed by atoms with Crippen molar-refractivity contribution in [3.8, 4) is 0 Å². The number of allylic oxidation sites excluding steroid dienone is 3. The van der Waals surface area contributed by atoms with E-state index < -0.39 is 0 Å². The fourth-order valence-electron chi connectivity index (χ4n) is 0.839. The van der Waals surface area contributed by atoms with Gasteiger partial charge in [-0.15, -0.1) is 0 Å². The second-order valence-corrected chi connectivity index (χ2v) is 3.23. The fraction of sp³-hybridized carbons (Fsp3) is 0.500. The predicted octanol–water partition coefficient (Wildman–Crippen LogP) is 1.82. The Morgan fingerprint density at radius 3 is 2.56 bits per heavy atom. The highest BCUT2D eigenvalue weighted by Gasteiger charge is 2.14. The van der Waals surface area contributed by atoms with E-state index in [4.69, 9.17) is 5.73 Å². The largest absolute Gasteiger partial charge is 0.399 e. The Bertz CT molecular complexity index is 163. The number of hydrogen-bond donors (Lipinski definition) is 1. The molecule has 1 nitrogen and oxygen atoms in total. The Morgan fingerprint density at radius 1 is 1.56 bits per heavy atom. The number of hydrogen-bond acceptors (Lipinski definition) is 1. The maximum absolute atomic E-state index is 5.53. The third-order valence-corrected chi connectivity index (χ3v) is 1.59. The second kappa shape index (κ2) is 1.90. The lowest BCUT2D eigenvalue weighted by molar-refractivity contribution is 0.481. The smallest absolute Gasteiger partial charge is 0.0270 e. The summed E-state index contributed by atoms with van der Waals surface area (Å²) in [6.07, 6.45) is 7.27. The van der Waals surface area contributed by atoms with Crippen LogP contribution in [0.5, 0.6) is 0 Å². The topological polar surface area (TPSA) is 26.0 Å². The molecule has 0 aromatic heterocycles. The summed E-state index contributed by atoms with van der Waals surface area (Å²) in [5.74, 6) is 0. The Kier molecular flexibility index (Phi) is 1.35. The molecule has 1 aliphatic carbocycles. The summed E-state index contributed by atoms with van der Waals surface area (Å²) in [5, 5.41) is 0. The molecule has 50 valence electrons. The van der Waals surface area contributed by atoms with Crippen LogP contribution in [0.4, 0.5) is 0 Å². The molecule has 0 unspecified atom stereocenters. The van der Waals surface area contributed by atoms with Crippen molar-refractivity contribution < 1.29 is 0 Å². The van der Waals surface area contributed by atoms with Gasteiger partial charge in [0.1, 0.15) is 0 Å². The lowest BCUT2D eigenvalue weighted by Crippen LogP contribution is -2.11. The first-order chi connectivity index (χ1) is 4.10. The van der Waals surface area contributed by atoms with Crippen molar-refractivity contribution in [2.24, 2.45) is 11.1 Å². The van der Waals surface area contributed by atoms with Gasteiger partial charge < -0.3 is 5.73 Å². The summed E-state index contributed by atoms with van der Waals surface area (Å²) in [6.45, 7) is 4.40. The van der Waals surface area contributed by atoms with Gasteiger partial charge in [-0.05, 0) is 17.9 Å². The maximum atomic E-state index is 5.53. The number of rotatable bonds is 0. The van der Waals surface area contributed by atoms with Crippen LogP contribution < -0.4 is 5.73 Å². The zero-order valence-corrected chi connectivity index (χ0v) is 6.02. The standard InChI is InChI=1S/C8H13N/c1-8(2)5-3-7(9)4-6-8/h3-5H,6,9H2,1-2H3. The van der Waals surface area contributed by atoms with Crippen molar-refractivity contribution >= 4 is 0 Å². The molecule has 0 saturated carbocycles. The van der Waals surface area contributed by atoms with Gasteiger partial charge in [0.2, 0.25) is 0 Å². The molecule has 1 aliphatic rings. The molecule has 0 heterocycles. The van der Waals surface area contributed by atoms with Crippen LogP contribution in [0.15, 0.2) is 23.9 Å². The Hall–Kier alpha value is -0.720. The van der Waals surface area contributed by atoms with Crippen LogP contribution in [-0.4, -0.2) is 0 Å². The summed E-state index contributed by atoms with van der Waals surface area (Å²) in [4.78, 5) is 0. The van der Waals surface area contributed by atoms with Gasteiger partial charge in [0.05, 0.1) is 0 Å². The molecule has 2 N–H and O–H groups in total. The molecule has 0 spiro atoms. The molecule has 0 aromatic rings. The van der Waals surface area contributed by atoms with Crippen molar-refractivity contribution in [2.75, 3.05) is 0 Å². The third kappa shape index (κ3) is 1.60. The second-order valence-electron chi connectivity index (χ2n) is 3.23. The van der Waals surface area contributed by atoms with Gasteiger partial charge in [-0.2, -0.15) is 0 Å². The van der Waals surface area contributed by atoms with Crippen LogP contribution in [0.2, 0.25) is 0 Å². The van der Waals surface area contributed by atoms with E-state index in [9.17, 15) is 0 Å². The quantitative estimate of drug-likeness (QED) is 0.522. The molecule has 0 aromatic carbocycles. The molecule has 0 radical (unpaired) electrons. The van der Waals surface area contributed by atoms with Crippen molar-refractivity contribution in [2.45, 2.75) is 20.3 Å². The molecule has 1 heteroatoms. The molecule has 0 atom stereocenters. The van der Waals surface area contributed by atoms with Crippen LogP contribution in [0, 0.1) is 5.41 Å². The predicted molar refractivity (Wildman–Crippen MR) is 39.8 cm³/mol. The molecular formula is C8H13N. The molecule has 0 bridgehead atoms. The SMILES string of the molecule is CC1(C)C=CC(N)=CC1. The first-order valence-electron chi connectivity index (χ1n) is 3.25. The third-order valence-electron chi connectivity index (χ3n) is 1.59. The molecular weight excluding hydrogens is 110 g/mol. The fourth-order valence-corrected chi connectivity index (χ4v) is 0.839. The molecule has 0 fully saturated rings. The van der Waals surface area contributed by atoms with Gasteiger partial charge >= 0.3 is 0 Å². The van der Waals surface area contributed by atoms with E-state index in [1.165, 1.54) is 0 Å². The highest BCUT2D eigenvalue weighted by Crippen LogP contribution is 2.26. The van der Waals surface area contributed by atoms with Crippen LogP contribution >= 0.6 is 0 Å². The maximum Gasteiger partial charge on any atom is 0.0270 e. The molecule has 1 rings (SSSR count). The first kappa shape index (κ1) is 6.40. The van der Waals surface area contributed by atoms with Crippen LogP contribution in [0.1, 0.15) is 20.3 Å². The summed E-state index contributed by atoms with van der Waals surface area (Å²) >= 11 is 0. The lowest BCUT2D eigenvalue weighted by Gasteiger charge is -2.20. The van der Waals surface area contributed by atoms with Crippen LogP contribution in [0.3, 0.4) is 0 Å². The van der Waals surface area contributed by atoms with Crippen LogP contribution in [0.25, 0.3) is 0 Å². The van der Waals surface area contributed by atoms with E-state index >= 15 is 0 Å². The monoisotopic (exact) mass is 123 g/mol. The van der Waals surface area contributed by atoms with Gasteiger partial charge in [0.25, 0.3) is 0 Å². The molecule has 0 saturated heterocycles. The van der Waals surface area contributed by atoms with E-state index in [0.29, 0.717) is 5.41 Å². The van der Waals surface area contributed by atoms with E-state index in [1.807, 2.05) is 6.08 Å². The van der Waals surface area contributed by atoms with Gasteiger partial charge in [0.15, 0.2) is 0 Å². The lowest BCUT2D eigenvalue weighted by atomic mass is 9.86. The van der Waals surface area contributed by atoms with E-state index in [-0.39, 0.29) is 0 Å². The molecule has 0 amide bonds. The zero-order chi connectivity index (χ0) is 6.91. The van der Waals surface area contributed by atoms with E-state index in [1.54, 1.807) is 0 Å². The Labute approximate surface area is 56.2 Å². The van der Waals surface area contributed by atoms with Crippen molar-refractivity contribution in [1.82, 2.24) is 0 Å². The minimum atomic E-state index is 0.322. The molecule has 0 aliphatic heterocycles. The van der Waals surface area contributed by atoms with Gasteiger partial charge in [-0.3, -0.25) is 0 Å². The van der Waals surface area contributed by atoms with Crippen molar-refractivity contribution in [1.29, 1.82) is 0 Å². The highest BCUT2D eigenvalue weighted by molar-refractivity contribution is 5.22. The van der Waals surface area contributed by atoms with Crippen LogP contribution in [-0.2, 0) is 0 Å². The Balaban J connectivity index is 2.70. The minimum absolute atomic E-state index is 0.322. The number of nitrogens with two attached hydrogens (primary N) is 1. The summed E-state index contributed by atoms with van der Waals surface area (Å²) in [5.41, 5.74) is 6.75. The first-order valence-corrected chi connectivity index (χ1v) is 3.25. The molecule has 9 heavy (non-hydrogen) atoms. The average Bonchev–Trinajstić information content (AvgIpc) is 1.78. The summed E-state index contributed by atoms with van der Waals surface area (Å²) < 4.78 is 0. The van der Waals surface area contributed by atoms with Crippen molar-refractivity contribution in [3.05, 3.63) is 23.9 Å². The average molecular weight is 123 g/mol. The van der Waals surface area contributed by atoms with Gasteiger partial charge in [-0.25, -0.2) is 0 Å². The van der Waals surface area contributed by atoms with Crippen molar-refractivity contribution in [3.63, 3.8) is 0 Å². The normalized spacial score (nSPS) is 23.6. The Morgan fingerprint density at radius 2 is 2.22 bits per heavy atom. The van der Waals surface area contributed by atoms with Gasteiger partial charge in [0, 0.05) is 5.70 Å².